The van der Waals surface area contributed by atoms with Crippen LogP contribution < -0.4 is 5.73 Å². The predicted molar refractivity (Wildman–Crippen MR) is 81.3 cm³/mol. The maximum atomic E-state index is 14.2. The molecule has 0 aromatic carbocycles. The van der Waals surface area contributed by atoms with Crippen LogP contribution >= 0.6 is 0 Å². The first kappa shape index (κ1) is 14.2. The summed E-state index contributed by atoms with van der Waals surface area (Å²) in [6, 6.07) is -0.262. The Labute approximate surface area is 127 Å². The summed E-state index contributed by atoms with van der Waals surface area (Å²) in [5, 5.41) is 9.90. The number of fused-ring (bicyclic) bond motifs is 5. The van der Waals surface area contributed by atoms with E-state index in [1.165, 1.54) is 12.0 Å². The van der Waals surface area contributed by atoms with Gasteiger partial charge in [0.1, 0.15) is 6.17 Å². The molecule has 3 heteroatoms. The molecule has 0 amide bonds. The van der Waals surface area contributed by atoms with Crippen molar-refractivity contribution in [2.75, 3.05) is 0 Å². The summed E-state index contributed by atoms with van der Waals surface area (Å²) in [6.45, 7) is 2.24. The Morgan fingerprint density at radius 3 is 2.90 bits per heavy atom. The molecule has 2 nitrogen and oxygen atoms in total. The minimum Gasteiger partial charge on any atom is -0.393 e. The lowest BCUT2D eigenvalue weighted by Gasteiger charge is -2.53. The zero-order chi connectivity index (χ0) is 14.8. The van der Waals surface area contributed by atoms with Crippen molar-refractivity contribution in [3.05, 3.63) is 11.6 Å². The smallest absolute Gasteiger partial charge is 0.116 e. The fourth-order valence-electron chi connectivity index (χ4n) is 6.26. The van der Waals surface area contributed by atoms with Gasteiger partial charge in [0, 0.05) is 6.04 Å². The topological polar surface area (TPSA) is 46.2 Å². The van der Waals surface area contributed by atoms with E-state index in [9.17, 15) is 9.50 Å². The fraction of sp³-hybridized carbons (Fsp3) is 0.889. The van der Waals surface area contributed by atoms with Crippen molar-refractivity contribution >= 4 is 0 Å². The number of alkyl halides is 1. The number of nitrogens with two attached hydrogens (primary N) is 1. The van der Waals surface area contributed by atoms with Crippen LogP contribution in [-0.4, -0.2) is 23.4 Å². The van der Waals surface area contributed by atoms with E-state index in [1.807, 2.05) is 0 Å². The van der Waals surface area contributed by atoms with Gasteiger partial charge in [-0.25, -0.2) is 4.39 Å². The summed E-state index contributed by atoms with van der Waals surface area (Å²) in [6.07, 6.45) is 8.45. The van der Waals surface area contributed by atoms with E-state index in [0.717, 1.165) is 32.1 Å². The van der Waals surface area contributed by atoms with Gasteiger partial charge in [0.2, 0.25) is 0 Å². The summed E-state index contributed by atoms with van der Waals surface area (Å²) < 4.78 is 14.2. The summed E-state index contributed by atoms with van der Waals surface area (Å²) in [5.74, 6) is 2.46. The zero-order valence-electron chi connectivity index (χ0n) is 13.0. The summed E-state index contributed by atoms with van der Waals surface area (Å²) >= 11 is 0. The maximum Gasteiger partial charge on any atom is 0.116 e. The molecule has 0 bridgehead atoms. The summed E-state index contributed by atoms with van der Waals surface area (Å²) in [4.78, 5) is 0. The SMILES string of the molecule is C[C@]12CC[C@H]3[C@@H](CC=C4CC(O)CC[C@@H]43)[C@@H]1CC(F)C2N. The second-order valence-corrected chi connectivity index (χ2v) is 8.31. The van der Waals surface area contributed by atoms with Crippen molar-refractivity contribution in [1.82, 2.24) is 0 Å². The van der Waals surface area contributed by atoms with E-state index in [1.54, 1.807) is 0 Å². The van der Waals surface area contributed by atoms with Gasteiger partial charge < -0.3 is 10.8 Å². The molecule has 0 saturated heterocycles. The molecule has 3 unspecified atom stereocenters. The molecule has 0 spiro atoms. The second-order valence-electron chi connectivity index (χ2n) is 8.31. The van der Waals surface area contributed by atoms with E-state index >= 15 is 0 Å². The highest BCUT2D eigenvalue weighted by atomic mass is 19.1. The molecule has 8 atom stereocenters. The Morgan fingerprint density at radius 2 is 2.10 bits per heavy atom. The first-order valence-corrected chi connectivity index (χ1v) is 8.77. The average molecular weight is 293 g/mol. The van der Waals surface area contributed by atoms with Crippen LogP contribution in [0.4, 0.5) is 4.39 Å². The number of rotatable bonds is 0. The third-order valence-electron chi connectivity index (χ3n) is 7.49. The molecule has 3 fully saturated rings. The number of allylic oxidation sites excluding steroid dienone is 1. The van der Waals surface area contributed by atoms with Gasteiger partial charge in [-0.2, -0.15) is 0 Å². The maximum absolute atomic E-state index is 14.2. The van der Waals surface area contributed by atoms with Crippen LogP contribution in [0.5, 0.6) is 0 Å². The van der Waals surface area contributed by atoms with Crippen LogP contribution in [0, 0.1) is 29.1 Å². The normalized spacial score (nSPS) is 56.2. The summed E-state index contributed by atoms with van der Waals surface area (Å²) in [5.41, 5.74) is 7.73. The Bertz CT molecular complexity index is 464. The molecule has 3 N–H and O–H groups in total. The van der Waals surface area contributed by atoms with Crippen LogP contribution in [-0.2, 0) is 0 Å². The monoisotopic (exact) mass is 293 g/mol. The average Bonchev–Trinajstić information content (AvgIpc) is 2.70. The van der Waals surface area contributed by atoms with E-state index in [0.29, 0.717) is 30.1 Å². The third kappa shape index (κ3) is 1.96. The Morgan fingerprint density at radius 1 is 1.29 bits per heavy atom. The highest BCUT2D eigenvalue weighted by Gasteiger charge is 2.58. The largest absolute Gasteiger partial charge is 0.393 e. The fourth-order valence-corrected chi connectivity index (χ4v) is 6.26. The highest BCUT2D eigenvalue weighted by molar-refractivity contribution is 5.21. The number of hydrogen-bond acceptors (Lipinski definition) is 2. The molecule has 4 aliphatic carbocycles. The number of halogens is 1. The first-order chi connectivity index (χ1) is 10.0. The third-order valence-corrected chi connectivity index (χ3v) is 7.49. The van der Waals surface area contributed by atoms with Gasteiger partial charge in [-0.05, 0) is 74.0 Å². The predicted octanol–water partition coefficient (Wildman–Crippen LogP) is 3.20. The molecule has 3 saturated carbocycles. The van der Waals surface area contributed by atoms with Crippen molar-refractivity contribution in [3.63, 3.8) is 0 Å². The van der Waals surface area contributed by atoms with Gasteiger partial charge in [0.05, 0.1) is 6.10 Å². The molecular formula is C18H28FNO. The molecule has 4 aliphatic rings. The first-order valence-electron chi connectivity index (χ1n) is 8.77. The van der Waals surface area contributed by atoms with Gasteiger partial charge >= 0.3 is 0 Å². The van der Waals surface area contributed by atoms with E-state index in [2.05, 4.69) is 13.0 Å². The molecule has 4 rings (SSSR count). The lowest BCUT2D eigenvalue weighted by molar-refractivity contribution is -0.00495. The van der Waals surface area contributed by atoms with Crippen molar-refractivity contribution in [1.29, 1.82) is 0 Å². The molecule has 0 heterocycles. The van der Waals surface area contributed by atoms with Crippen LogP contribution in [0.3, 0.4) is 0 Å². The number of aliphatic hydroxyl groups excluding tert-OH is 1. The Kier molecular flexibility index (Phi) is 3.24. The van der Waals surface area contributed by atoms with E-state index < -0.39 is 6.17 Å². The molecule has 21 heavy (non-hydrogen) atoms. The van der Waals surface area contributed by atoms with Gasteiger partial charge in [-0.3, -0.25) is 0 Å². The van der Waals surface area contributed by atoms with Crippen LogP contribution in [0.1, 0.15) is 51.9 Å². The van der Waals surface area contributed by atoms with Crippen LogP contribution in [0.25, 0.3) is 0 Å². The highest BCUT2D eigenvalue weighted by Crippen LogP contribution is 2.61. The number of aliphatic hydroxyl groups is 1. The minimum absolute atomic E-state index is 0.0140. The van der Waals surface area contributed by atoms with E-state index in [4.69, 9.17) is 5.73 Å². The van der Waals surface area contributed by atoms with Crippen LogP contribution in [0.15, 0.2) is 11.6 Å². The minimum atomic E-state index is -0.808. The van der Waals surface area contributed by atoms with Gasteiger partial charge in [0.25, 0.3) is 0 Å². The van der Waals surface area contributed by atoms with Crippen molar-refractivity contribution in [2.45, 2.75) is 70.2 Å². The molecule has 0 aliphatic heterocycles. The Balaban J connectivity index is 1.63. The molecule has 118 valence electrons. The van der Waals surface area contributed by atoms with Gasteiger partial charge in [0.15, 0.2) is 0 Å². The standard InChI is InChI=1S/C18H28FNO/c1-18-7-6-13-12-5-3-11(21)8-10(12)2-4-14(13)15(18)9-16(19)17(18)20/h2,11-17,21H,3-9,20H2,1H3/t11?,12-,13+,14+,15-,16?,17?,18-/m0/s1. The van der Waals surface area contributed by atoms with E-state index in [-0.39, 0.29) is 17.6 Å². The lowest BCUT2D eigenvalue weighted by atomic mass is 9.52. The quantitative estimate of drug-likeness (QED) is 0.674. The molecule has 0 aromatic rings. The zero-order valence-corrected chi connectivity index (χ0v) is 13.0. The van der Waals surface area contributed by atoms with Crippen molar-refractivity contribution < 1.29 is 9.50 Å². The molecule has 0 aromatic heterocycles. The van der Waals surface area contributed by atoms with Gasteiger partial charge in [-0.1, -0.05) is 18.6 Å². The lowest BCUT2D eigenvalue weighted by Crippen LogP contribution is -2.50. The molecular weight excluding hydrogens is 265 g/mol. The van der Waals surface area contributed by atoms with Crippen LogP contribution in [0.2, 0.25) is 0 Å². The van der Waals surface area contributed by atoms with Gasteiger partial charge in [-0.15, -0.1) is 0 Å². The van der Waals surface area contributed by atoms with Crippen molar-refractivity contribution in [2.24, 2.45) is 34.8 Å². The molecule has 0 radical (unpaired) electrons. The summed E-state index contributed by atoms with van der Waals surface area (Å²) in [7, 11) is 0. The number of hydrogen-bond donors (Lipinski definition) is 2. The Hall–Kier alpha value is -0.410. The van der Waals surface area contributed by atoms with Crippen molar-refractivity contribution in [3.8, 4) is 0 Å². The second kappa shape index (κ2) is 4.79.